The Bertz CT molecular complexity index is 247. The number of hydrogen-bond acceptors (Lipinski definition) is 3. The lowest BCUT2D eigenvalue weighted by Crippen LogP contribution is -2.71. The van der Waals surface area contributed by atoms with E-state index in [2.05, 4.69) is 5.32 Å². The molecule has 0 aromatic rings. The number of aliphatic hydroxyl groups is 1. The van der Waals surface area contributed by atoms with Gasteiger partial charge in [0, 0.05) is 7.05 Å². The van der Waals surface area contributed by atoms with E-state index < -0.39 is 17.7 Å². The monoisotopic (exact) mass is 170 g/mol. The molecule has 1 heterocycles. The molecule has 5 heteroatoms. The van der Waals surface area contributed by atoms with Gasteiger partial charge in [-0.2, -0.15) is 0 Å². The highest BCUT2D eigenvalue weighted by atomic mass is 16.3. The Labute approximate surface area is 69.3 Å². The van der Waals surface area contributed by atoms with Crippen molar-refractivity contribution < 1.29 is 14.7 Å². The minimum atomic E-state index is -1.21. The molecule has 1 aliphatic carbocycles. The molecule has 12 heavy (non-hydrogen) atoms. The average Bonchev–Trinajstić information content (AvgIpc) is 1.97. The summed E-state index contributed by atoms with van der Waals surface area (Å²) in [5.41, 5.74) is -1.21. The molecule has 2 unspecified atom stereocenters. The zero-order valence-electron chi connectivity index (χ0n) is 6.70. The number of carbonyl (C=O) groups excluding carboxylic acids is 2. The largest absolute Gasteiger partial charge is 0.370 e. The second-order valence-electron chi connectivity index (χ2n) is 3.32. The van der Waals surface area contributed by atoms with Crippen molar-refractivity contribution in [2.24, 2.45) is 5.92 Å². The number of amides is 3. The van der Waals surface area contributed by atoms with Crippen LogP contribution in [0.3, 0.4) is 0 Å². The Hall–Kier alpha value is -1.10. The summed E-state index contributed by atoms with van der Waals surface area (Å²) in [6, 6.07) is -0.515. The molecule has 66 valence electrons. The molecule has 2 atom stereocenters. The third-order valence-corrected chi connectivity index (χ3v) is 2.79. The fourth-order valence-corrected chi connectivity index (χ4v) is 1.74. The number of carbonyl (C=O) groups is 2. The molecule has 2 fully saturated rings. The molecular weight excluding hydrogens is 160 g/mol. The summed E-state index contributed by atoms with van der Waals surface area (Å²) in [6.07, 6.45) is 1.15. The zero-order valence-corrected chi connectivity index (χ0v) is 6.70. The normalized spacial score (nSPS) is 40.2. The van der Waals surface area contributed by atoms with E-state index in [1.807, 2.05) is 0 Å². The fourth-order valence-electron chi connectivity index (χ4n) is 1.74. The minimum Gasteiger partial charge on any atom is -0.370 e. The van der Waals surface area contributed by atoms with Crippen LogP contribution in [-0.4, -0.2) is 34.7 Å². The summed E-state index contributed by atoms with van der Waals surface area (Å²) in [7, 11) is 1.49. The molecule has 0 radical (unpaired) electrons. The lowest BCUT2D eigenvalue weighted by atomic mass is 9.73. The smallest absolute Gasteiger partial charge is 0.326 e. The number of nitrogens with zero attached hydrogens (tertiary/aromatic N) is 1. The Balaban J connectivity index is 2.31. The van der Waals surface area contributed by atoms with Crippen molar-refractivity contribution in [3.05, 3.63) is 0 Å². The van der Waals surface area contributed by atoms with Crippen LogP contribution in [0.1, 0.15) is 12.8 Å². The Kier molecular flexibility index (Phi) is 1.24. The maximum Gasteiger partial charge on any atom is 0.326 e. The van der Waals surface area contributed by atoms with Crippen molar-refractivity contribution in [1.29, 1.82) is 0 Å². The van der Waals surface area contributed by atoms with E-state index in [0.717, 1.165) is 0 Å². The van der Waals surface area contributed by atoms with Gasteiger partial charge in [0.05, 0.1) is 5.92 Å². The van der Waals surface area contributed by atoms with E-state index in [4.69, 9.17) is 0 Å². The SMILES string of the molecule is CN1C(=O)NC(=O)C2CCC21O. The van der Waals surface area contributed by atoms with Crippen molar-refractivity contribution >= 4 is 11.9 Å². The standard InChI is InChI=1S/C7H10N2O3/c1-9-6(11)8-5(10)4-2-3-7(4,9)12/h4,12H,2-3H2,1H3,(H,8,10,11). The first-order valence-electron chi connectivity index (χ1n) is 3.87. The van der Waals surface area contributed by atoms with Crippen LogP contribution in [0, 0.1) is 5.92 Å². The van der Waals surface area contributed by atoms with Crippen molar-refractivity contribution in [3.8, 4) is 0 Å². The highest BCUT2D eigenvalue weighted by molar-refractivity contribution is 5.99. The lowest BCUT2D eigenvalue weighted by molar-refractivity contribution is -0.194. The molecule has 0 aromatic heterocycles. The molecule has 5 nitrogen and oxygen atoms in total. The lowest BCUT2D eigenvalue weighted by Gasteiger charge is -2.52. The molecule has 1 aliphatic heterocycles. The van der Waals surface area contributed by atoms with Crippen molar-refractivity contribution in [1.82, 2.24) is 10.2 Å². The first-order valence-corrected chi connectivity index (χ1v) is 3.87. The minimum absolute atomic E-state index is 0.355. The van der Waals surface area contributed by atoms with Gasteiger partial charge in [0.25, 0.3) is 0 Å². The van der Waals surface area contributed by atoms with E-state index >= 15 is 0 Å². The van der Waals surface area contributed by atoms with E-state index in [-0.39, 0.29) is 5.91 Å². The summed E-state index contributed by atoms with van der Waals surface area (Å²) in [5, 5.41) is 12.0. The molecule has 2 rings (SSSR count). The molecule has 1 saturated carbocycles. The molecule has 0 bridgehead atoms. The maximum absolute atomic E-state index is 11.1. The van der Waals surface area contributed by atoms with Crippen LogP contribution in [0.4, 0.5) is 4.79 Å². The van der Waals surface area contributed by atoms with Crippen LogP contribution in [0.25, 0.3) is 0 Å². The summed E-state index contributed by atoms with van der Waals surface area (Å²) >= 11 is 0. The topological polar surface area (TPSA) is 69.6 Å². The molecular formula is C7H10N2O3. The van der Waals surface area contributed by atoms with E-state index in [1.165, 1.54) is 11.9 Å². The van der Waals surface area contributed by atoms with Crippen LogP contribution in [0.5, 0.6) is 0 Å². The van der Waals surface area contributed by atoms with Crippen molar-refractivity contribution in [2.75, 3.05) is 7.05 Å². The van der Waals surface area contributed by atoms with Gasteiger partial charge in [-0.15, -0.1) is 0 Å². The first-order chi connectivity index (χ1) is 5.55. The third-order valence-electron chi connectivity index (χ3n) is 2.79. The molecule has 0 spiro atoms. The maximum atomic E-state index is 11.1. The van der Waals surface area contributed by atoms with Gasteiger partial charge in [-0.1, -0.05) is 0 Å². The molecule has 3 amide bonds. The van der Waals surface area contributed by atoms with Crippen LogP contribution < -0.4 is 5.32 Å². The number of hydrogen-bond donors (Lipinski definition) is 2. The predicted octanol–water partition coefficient (Wildman–Crippen LogP) is -0.733. The summed E-state index contributed by atoms with van der Waals surface area (Å²) < 4.78 is 0. The highest BCUT2D eigenvalue weighted by Crippen LogP contribution is 2.42. The van der Waals surface area contributed by atoms with Crippen LogP contribution in [0.2, 0.25) is 0 Å². The van der Waals surface area contributed by atoms with Gasteiger partial charge in [-0.25, -0.2) is 4.79 Å². The number of nitrogens with one attached hydrogen (secondary N) is 1. The number of rotatable bonds is 0. The summed E-state index contributed by atoms with van der Waals surface area (Å²) in [6.45, 7) is 0. The third kappa shape index (κ3) is 0.665. The zero-order chi connectivity index (χ0) is 8.93. The van der Waals surface area contributed by atoms with Gasteiger partial charge in [-0.3, -0.25) is 15.0 Å². The van der Waals surface area contributed by atoms with Crippen molar-refractivity contribution in [2.45, 2.75) is 18.6 Å². The Morgan fingerprint density at radius 2 is 2.33 bits per heavy atom. The molecule has 2 aliphatic rings. The fraction of sp³-hybridized carbons (Fsp3) is 0.714. The van der Waals surface area contributed by atoms with Gasteiger partial charge in [0.15, 0.2) is 5.72 Å². The Morgan fingerprint density at radius 1 is 1.67 bits per heavy atom. The number of imide groups is 1. The van der Waals surface area contributed by atoms with Crippen LogP contribution in [0.15, 0.2) is 0 Å². The highest BCUT2D eigenvalue weighted by Gasteiger charge is 2.57. The molecule has 2 N–H and O–H groups in total. The summed E-state index contributed by atoms with van der Waals surface area (Å²) in [5.74, 6) is -0.785. The first kappa shape index (κ1) is 7.54. The number of fused-ring (bicyclic) bond motifs is 1. The van der Waals surface area contributed by atoms with Crippen LogP contribution >= 0.6 is 0 Å². The number of urea groups is 1. The van der Waals surface area contributed by atoms with Gasteiger partial charge < -0.3 is 5.11 Å². The van der Waals surface area contributed by atoms with Gasteiger partial charge >= 0.3 is 6.03 Å². The van der Waals surface area contributed by atoms with Crippen LogP contribution in [-0.2, 0) is 4.79 Å². The second kappa shape index (κ2) is 1.98. The van der Waals surface area contributed by atoms with E-state index in [1.54, 1.807) is 0 Å². The van der Waals surface area contributed by atoms with E-state index in [0.29, 0.717) is 12.8 Å². The molecule has 1 saturated heterocycles. The molecule has 0 aromatic carbocycles. The second-order valence-corrected chi connectivity index (χ2v) is 3.32. The van der Waals surface area contributed by atoms with Gasteiger partial charge in [-0.05, 0) is 12.8 Å². The van der Waals surface area contributed by atoms with Gasteiger partial charge in [0.2, 0.25) is 5.91 Å². The Morgan fingerprint density at radius 3 is 2.83 bits per heavy atom. The predicted molar refractivity (Wildman–Crippen MR) is 39.0 cm³/mol. The quantitative estimate of drug-likeness (QED) is 0.503. The summed E-state index contributed by atoms with van der Waals surface area (Å²) in [4.78, 5) is 23.3. The van der Waals surface area contributed by atoms with Crippen molar-refractivity contribution in [3.63, 3.8) is 0 Å². The van der Waals surface area contributed by atoms with Gasteiger partial charge in [0.1, 0.15) is 0 Å². The van der Waals surface area contributed by atoms with E-state index in [9.17, 15) is 14.7 Å². The average molecular weight is 170 g/mol.